The van der Waals surface area contributed by atoms with Crippen LogP contribution in [-0.2, 0) is 21.4 Å². The van der Waals surface area contributed by atoms with E-state index in [4.69, 9.17) is 9.47 Å². The van der Waals surface area contributed by atoms with E-state index >= 15 is 0 Å². The molecular formula is C19H23N3O5S. The van der Waals surface area contributed by atoms with E-state index in [9.17, 15) is 13.2 Å². The van der Waals surface area contributed by atoms with Crippen LogP contribution in [0.1, 0.15) is 11.1 Å². The molecule has 0 aromatic heterocycles. The van der Waals surface area contributed by atoms with Crippen LogP contribution in [0.2, 0.25) is 0 Å². The van der Waals surface area contributed by atoms with Crippen molar-refractivity contribution in [3.63, 3.8) is 0 Å². The second kappa shape index (κ2) is 9.86. The van der Waals surface area contributed by atoms with Gasteiger partial charge in [0.15, 0.2) is 0 Å². The van der Waals surface area contributed by atoms with Crippen LogP contribution in [-0.4, -0.2) is 51.9 Å². The molecule has 0 aliphatic carbocycles. The van der Waals surface area contributed by atoms with Gasteiger partial charge >= 0.3 is 0 Å². The summed E-state index contributed by atoms with van der Waals surface area (Å²) in [6.45, 7) is -0.242. The maximum atomic E-state index is 12.2. The van der Waals surface area contributed by atoms with Crippen molar-refractivity contribution in [2.24, 2.45) is 5.10 Å². The van der Waals surface area contributed by atoms with Crippen LogP contribution < -0.4 is 14.9 Å². The van der Waals surface area contributed by atoms with Crippen molar-refractivity contribution < 1.29 is 22.7 Å². The van der Waals surface area contributed by atoms with Gasteiger partial charge in [0.05, 0.1) is 33.2 Å². The Hall–Kier alpha value is -2.91. The van der Waals surface area contributed by atoms with E-state index in [0.717, 1.165) is 16.1 Å². The van der Waals surface area contributed by atoms with Gasteiger partial charge in [0.1, 0.15) is 11.5 Å². The van der Waals surface area contributed by atoms with Gasteiger partial charge in [-0.05, 0) is 17.7 Å². The van der Waals surface area contributed by atoms with Crippen LogP contribution in [0.25, 0.3) is 0 Å². The lowest BCUT2D eigenvalue weighted by Gasteiger charge is -2.18. The fraction of sp³-hybridized carbons (Fsp3) is 0.263. The molecule has 0 fully saturated rings. The van der Waals surface area contributed by atoms with E-state index in [2.05, 4.69) is 10.5 Å². The first-order valence-electron chi connectivity index (χ1n) is 8.36. The number of nitrogens with one attached hydrogen (secondary N) is 1. The maximum absolute atomic E-state index is 12.2. The summed E-state index contributed by atoms with van der Waals surface area (Å²) in [5.41, 5.74) is 3.75. The molecule has 0 spiro atoms. The Bertz CT molecular complexity index is 930. The zero-order valence-corrected chi connectivity index (χ0v) is 16.8. The predicted molar refractivity (Wildman–Crippen MR) is 107 cm³/mol. The summed E-state index contributed by atoms with van der Waals surface area (Å²) in [5.74, 6) is 0.604. The number of hydrogen-bond donors (Lipinski definition) is 1. The Kier molecular flexibility index (Phi) is 7.53. The first kappa shape index (κ1) is 21.4. The van der Waals surface area contributed by atoms with Gasteiger partial charge < -0.3 is 9.47 Å². The smallest absolute Gasteiger partial charge is 0.255 e. The molecule has 1 amide bonds. The molecule has 150 valence electrons. The minimum absolute atomic E-state index is 0.100. The molecule has 0 unspecified atom stereocenters. The van der Waals surface area contributed by atoms with Crippen LogP contribution in [0.15, 0.2) is 53.6 Å². The van der Waals surface area contributed by atoms with Crippen molar-refractivity contribution in [3.05, 3.63) is 59.7 Å². The van der Waals surface area contributed by atoms with E-state index in [0.29, 0.717) is 17.1 Å². The summed E-state index contributed by atoms with van der Waals surface area (Å²) < 4.78 is 35.4. The number of nitrogens with zero attached hydrogens (tertiary/aromatic N) is 2. The molecule has 0 radical (unpaired) electrons. The summed E-state index contributed by atoms with van der Waals surface area (Å²) in [7, 11) is -0.507. The van der Waals surface area contributed by atoms with Gasteiger partial charge in [-0.3, -0.25) is 4.79 Å². The molecule has 0 aliphatic rings. The third kappa shape index (κ3) is 6.36. The number of rotatable bonds is 9. The third-order valence-corrected chi connectivity index (χ3v) is 5.02. The van der Waals surface area contributed by atoms with Crippen LogP contribution in [0.3, 0.4) is 0 Å². The highest BCUT2D eigenvalue weighted by Crippen LogP contribution is 2.22. The number of carbonyl (C=O) groups excluding carboxylic acids is 1. The average Bonchev–Trinajstić information content (AvgIpc) is 2.67. The Morgan fingerprint density at radius 1 is 1.14 bits per heavy atom. The van der Waals surface area contributed by atoms with Crippen molar-refractivity contribution in [1.82, 2.24) is 9.73 Å². The Morgan fingerprint density at radius 2 is 1.86 bits per heavy atom. The fourth-order valence-corrected chi connectivity index (χ4v) is 3.11. The van der Waals surface area contributed by atoms with E-state index in [1.54, 1.807) is 37.4 Å². The van der Waals surface area contributed by atoms with Crippen molar-refractivity contribution >= 4 is 22.1 Å². The highest BCUT2D eigenvalue weighted by molar-refractivity contribution is 7.88. The number of ether oxygens (including phenoxy) is 2. The lowest BCUT2D eigenvalue weighted by molar-refractivity contribution is -0.121. The number of amides is 1. The Balaban J connectivity index is 2.02. The van der Waals surface area contributed by atoms with Crippen molar-refractivity contribution in [2.45, 2.75) is 6.54 Å². The Labute approximate surface area is 164 Å². The quantitative estimate of drug-likeness (QED) is 0.505. The third-order valence-electron chi connectivity index (χ3n) is 3.82. The molecule has 28 heavy (non-hydrogen) atoms. The highest BCUT2D eigenvalue weighted by atomic mass is 32.2. The average molecular weight is 405 g/mol. The zero-order valence-electron chi connectivity index (χ0n) is 16.0. The second-order valence-electron chi connectivity index (χ2n) is 5.92. The SMILES string of the molecule is COc1ccc(/C=N\NC(=O)CN(Cc2ccccc2)S(C)(=O)=O)c(OC)c1. The van der Waals surface area contributed by atoms with Crippen LogP contribution in [0.4, 0.5) is 0 Å². The summed E-state index contributed by atoms with van der Waals surface area (Å²) in [6.07, 6.45) is 2.48. The molecule has 8 nitrogen and oxygen atoms in total. The molecule has 0 saturated carbocycles. The van der Waals surface area contributed by atoms with Gasteiger partial charge in [-0.15, -0.1) is 0 Å². The van der Waals surface area contributed by atoms with Crippen molar-refractivity contribution in [2.75, 3.05) is 27.0 Å². The molecule has 0 atom stereocenters. The van der Waals surface area contributed by atoms with Crippen LogP contribution in [0, 0.1) is 0 Å². The standard InChI is InChI=1S/C19H23N3O5S/c1-26-17-10-9-16(18(11-17)27-2)12-20-21-19(23)14-22(28(3,24)25)13-15-7-5-4-6-8-15/h4-12H,13-14H2,1-3H3,(H,21,23)/b20-12-. The monoisotopic (exact) mass is 405 g/mol. The highest BCUT2D eigenvalue weighted by Gasteiger charge is 2.20. The van der Waals surface area contributed by atoms with Gasteiger partial charge in [-0.1, -0.05) is 30.3 Å². The molecule has 0 aliphatic heterocycles. The molecule has 0 bridgehead atoms. The number of hydrazone groups is 1. The van der Waals surface area contributed by atoms with Gasteiger partial charge in [0, 0.05) is 18.2 Å². The Morgan fingerprint density at radius 3 is 2.46 bits per heavy atom. The van der Waals surface area contributed by atoms with Crippen molar-refractivity contribution in [1.29, 1.82) is 0 Å². The maximum Gasteiger partial charge on any atom is 0.255 e. The zero-order chi connectivity index (χ0) is 20.6. The normalized spacial score (nSPS) is 11.6. The fourth-order valence-electron chi connectivity index (χ4n) is 2.37. The number of carbonyl (C=O) groups is 1. The lowest BCUT2D eigenvalue weighted by atomic mass is 10.2. The summed E-state index contributed by atoms with van der Waals surface area (Å²) in [6, 6.07) is 14.2. The summed E-state index contributed by atoms with van der Waals surface area (Å²) >= 11 is 0. The first-order valence-corrected chi connectivity index (χ1v) is 10.2. The van der Waals surface area contributed by atoms with Gasteiger partial charge in [-0.2, -0.15) is 9.41 Å². The van der Waals surface area contributed by atoms with Crippen molar-refractivity contribution in [3.8, 4) is 11.5 Å². The summed E-state index contributed by atoms with van der Waals surface area (Å²) in [4.78, 5) is 12.2. The van der Waals surface area contributed by atoms with Gasteiger partial charge in [0.25, 0.3) is 5.91 Å². The minimum atomic E-state index is -3.57. The van der Waals surface area contributed by atoms with E-state index in [1.807, 2.05) is 18.2 Å². The number of hydrogen-bond acceptors (Lipinski definition) is 6. The molecule has 2 rings (SSSR count). The van der Waals surface area contributed by atoms with E-state index in [1.165, 1.54) is 13.3 Å². The van der Waals surface area contributed by atoms with Crippen LogP contribution >= 0.6 is 0 Å². The van der Waals surface area contributed by atoms with E-state index in [-0.39, 0.29) is 13.1 Å². The van der Waals surface area contributed by atoms with Crippen LogP contribution in [0.5, 0.6) is 11.5 Å². The number of sulfonamides is 1. The summed E-state index contributed by atoms with van der Waals surface area (Å²) in [5, 5.41) is 3.88. The molecule has 2 aromatic rings. The molecule has 2 aromatic carbocycles. The first-order chi connectivity index (χ1) is 13.3. The molecule has 0 heterocycles. The van der Waals surface area contributed by atoms with Gasteiger partial charge in [0.2, 0.25) is 10.0 Å². The van der Waals surface area contributed by atoms with E-state index < -0.39 is 15.9 Å². The van der Waals surface area contributed by atoms with Gasteiger partial charge in [-0.25, -0.2) is 13.8 Å². The molecular weight excluding hydrogens is 382 g/mol. The predicted octanol–water partition coefficient (Wildman–Crippen LogP) is 1.62. The lowest BCUT2D eigenvalue weighted by Crippen LogP contribution is -2.38. The minimum Gasteiger partial charge on any atom is -0.497 e. The number of methoxy groups -OCH3 is 2. The number of benzene rings is 2. The largest absolute Gasteiger partial charge is 0.497 e. The molecule has 1 N–H and O–H groups in total. The topological polar surface area (TPSA) is 97.3 Å². The molecule has 9 heteroatoms. The second-order valence-corrected chi connectivity index (χ2v) is 7.90. The molecule has 0 saturated heterocycles.